The molecular weight excluding hydrogens is 442 g/mol. The van der Waals surface area contributed by atoms with E-state index in [0.717, 1.165) is 19.3 Å². The lowest BCUT2D eigenvalue weighted by Gasteiger charge is -2.32. The number of benzene rings is 2. The molecule has 1 unspecified atom stereocenters. The van der Waals surface area contributed by atoms with Crippen molar-refractivity contribution in [2.24, 2.45) is 0 Å². The molecule has 2 aromatic carbocycles. The van der Waals surface area contributed by atoms with Crippen molar-refractivity contribution in [3.8, 4) is 11.5 Å². The first-order valence-electron chi connectivity index (χ1n) is 10.2. The molecule has 7 nitrogen and oxygen atoms in total. The molecule has 1 atom stereocenters. The fraction of sp³-hybridized carbons (Fsp3) is 0.409. The summed E-state index contributed by atoms with van der Waals surface area (Å²) in [6.07, 6.45) is 2.57. The SMILES string of the molecule is COc1ccc(NC(=O)c2cc(S(=O)(=O)N3CCCCC3C)ccc2C)cc1OC(F)F. The van der Waals surface area contributed by atoms with E-state index in [1.165, 1.54) is 41.7 Å². The number of aryl methyl sites for hydroxylation is 1. The summed E-state index contributed by atoms with van der Waals surface area (Å²) >= 11 is 0. The molecule has 0 spiro atoms. The molecule has 1 heterocycles. The molecule has 32 heavy (non-hydrogen) atoms. The Morgan fingerprint density at radius 2 is 1.91 bits per heavy atom. The number of hydrogen-bond donors (Lipinski definition) is 1. The maximum atomic E-state index is 13.2. The molecule has 10 heteroatoms. The Labute approximate surface area is 186 Å². The number of piperidine rings is 1. The van der Waals surface area contributed by atoms with Crippen molar-refractivity contribution in [2.75, 3.05) is 19.0 Å². The summed E-state index contributed by atoms with van der Waals surface area (Å²) in [5.41, 5.74) is 0.942. The minimum atomic E-state index is -3.75. The van der Waals surface area contributed by atoms with Crippen molar-refractivity contribution >= 4 is 21.6 Å². The second-order valence-corrected chi connectivity index (χ2v) is 9.53. The molecule has 2 aromatic rings. The van der Waals surface area contributed by atoms with E-state index in [1.54, 1.807) is 13.0 Å². The summed E-state index contributed by atoms with van der Waals surface area (Å²) in [6.45, 7) is 0.948. The first-order chi connectivity index (χ1) is 15.1. The summed E-state index contributed by atoms with van der Waals surface area (Å²) in [5.74, 6) is -0.713. The number of rotatable bonds is 7. The number of ether oxygens (including phenoxy) is 2. The van der Waals surface area contributed by atoms with Crippen LogP contribution < -0.4 is 14.8 Å². The molecule has 3 rings (SSSR count). The zero-order chi connectivity index (χ0) is 23.5. The summed E-state index contributed by atoms with van der Waals surface area (Å²) in [6, 6.07) is 8.38. The van der Waals surface area contributed by atoms with Crippen LogP contribution in [0.25, 0.3) is 0 Å². The van der Waals surface area contributed by atoms with Gasteiger partial charge in [0.05, 0.1) is 12.0 Å². The van der Waals surface area contributed by atoms with Crippen molar-refractivity contribution in [2.45, 2.75) is 50.7 Å². The average Bonchev–Trinajstić information content (AvgIpc) is 2.74. The van der Waals surface area contributed by atoms with Crippen LogP contribution in [0.2, 0.25) is 0 Å². The van der Waals surface area contributed by atoms with Crippen LogP contribution in [0.15, 0.2) is 41.3 Å². The number of sulfonamides is 1. The zero-order valence-electron chi connectivity index (χ0n) is 18.1. The van der Waals surface area contributed by atoms with Crippen LogP contribution in [0.4, 0.5) is 14.5 Å². The molecule has 1 aliphatic rings. The Morgan fingerprint density at radius 1 is 1.16 bits per heavy atom. The number of carbonyl (C=O) groups excluding carboxylic acids is 1. The molecule has 1 N–H and O–H groups in total. The molecule has 1 fully saturated rings. The van der Waals surface area contributed by atoms with Gasteiger partial charge in [0, 0.05) is 29.9 Å². The van der Waals surface area contributed by atoms with E-state index >= 15 is 0 Å². The second kappa shape index (κ2) is 9.83. The maximum Gasteiger partial charge on any atom is 0.387 e. The van der Waals surface area contributed by atoms with Crippen LogP contribution in [0.3, 0.4) is 0 Å². The highest BCUT2D eigenvalue weighted by Gasteiger charge is 2.31. The van der Waals surface area contributed by atoms with Crippen LogP contribution in [-0.4, -0.2) is 44.9 Å². The normalized spacial score (nSPS) is 17.2. The van der Waals surface area contributed by atoms with Gasteiger partial charge >= 0.3 is 6.61 Å². The van der Waals surface area contributed by atoms with Gasteiger partial charge in [0.1, 0.15) is 0 Å². The standard InChI is InChI=1S/C22H26F2N2O5S/c1-14-7-9-17(32(28,29)26-11-5-4-6-15(26)2)13-18(14)21(27)25-16-8-10-19(30-3)20(12-16)31-22(23)24/h7-10,12-13,15,22H,4-6,11H2,1-3H3,(H,25,27). The van der Waals surface area contributed by atoms with Crippen LogP contribution in [-0.2, 0) is 10.0 Å². The monoisotopic (exact) mass is 468 g/mol. The number of nitrogens with one attached hydrogen (secondary N) is 1. The topological polar surface area (TPSA) is 84.9 Å². The van der Waals surface area contributed by atoms with E-state index in [9.17, 15) is 22.0 Å². The Hall–Kier alpha value is -2.72. The first-order valence-corrected chi connectivity index (χ1v) is 11.6. The third kappa shape index (κ3) is 5.18. The van der Waals surface area contributed by atoms with Crippen molar-refractivity contribution < 1.29 is 31.5 Å². The smallest absolute Gasteiger partial charge is 0.387 e. The quantitative estimate of drug-likeness (QED) is 0.650. The highest BCUT2D eigenvalue weighted by Crippen LogP contribution is 2.32. The van der Waals surface area contributed by atoms with Gasteiger partial charge in [-0.15, -0.1) is 0 Å². The summed E-state index contributed by atoms with van der Waals surface area (Å²) in [5, 5.41) is 2.60. The van der Waals surface area contributed by atoms with Gasteiger partial charge in [-0.2, -0.15) is 13.1 Å². The molecular formula is C22H26F2N2O5S. The van der Waals surface area contributed by atoms with Crippen molar-refractivity contribution in [1.29, 1.82) is 0 Å². The fourth-order valence-electron chi connectivity index (χ4n) is 3.71. The van der Waals surface area contributed by atoms with Gasteiger partial charge in [-0.1, -0.05) is 12.5 Å². The molecule has 1 amide bonds. The number of alkyl halides is 2. The molecule has 1 aliphatic heterocycles. The molecule has 0 bridgehead atoms. The van der Waals surface area contributed by atoms with E-state index in [0.29, 0.717) is 12.1 Å². The van der Waals surface area contributed by atoms with Crippen LogP contribution in [0, 0.1) is 6.92 Å². The Balaban J connectivity index is 1.88. The molecule has 0 aliphatic carbocycles. The van der Waals surface area contributed by atoms with Crippen LogP contribution in [0.1, 0.15) is 42.1 Å². The average molecular weight is 469 g/mol. The van der Waals surface area contributed by atoms with Gasteiger partial charge in [-0.25, -0.2) is 8.42 Å². The lowest BCUT2D eigenvalue weighted by atomic mass is 10.1. The Bertz CT molecular complexity index is 1090. The van der Waals surface area contributed by atoms with Gasteiger partial charge in [0.2, 0.25) is 10.0 Å². The predicted molar refractivity (Wildman–Crippen MR) is 116 cm³/mol. The van der Waals surface area contributed by atoms with Gasteiger partial charge in [0.25, 0.3) is 5.91 Å². The first kappa shape index (κ1) is 23.9. The second-order valence-electron chi connectivity index (χ2n) is 7.64. The Kier molecular flexibility index (Phi) is 7.35. The van der Waals surface area contributed by atoms with E-state index in [2.05, 4.69) is 10.1 Å². The maximum absolute atomic E-state index is 13.2. The molecule has 0 radical (unpaired) electrons. The van der Waals surface area contributed by atoms with E-state index in [1.807, 2.05) is 6.92 Å². The van der Waals surface area contributed by atoms with Crippen LogP contribution in [0.5, 0.6) is 11.5 Å². The zero-order valence-corrected chi connectivity index (χ0v) is 18.9. The third-order valence-electron chi connectivity index (χ3n) is 5.44. The number of carbonyl (C=O) groups is 1. The third-order valence-corrected chi connectivity index (χ3v) is 7.45. The van der Waals surface area contributed by atoms with Gasteiger partial charge in [0.15, 0.2) is 11.5 Å². The number of halogens is 2. The molecule has 0 saturated carbocycles. The largest absolute Gasteiger partial charge is 0.493 e. The van der Waals surface area contributed by atoms with Gasteiger partial charge in [-0.3, -0.25) is 4.79 Å². The summed E-state index contributed by atoms with van der Waals surface area (Å²) < 4.78 is 62.5. The van der Waals surface area contributed by atoms with Gasteiger partial charge < -0.3 is 14.8 Å². The molecule has 174 valence electrons. The molecule has 0 aromatic heterocycles. The number of methoxy groups -OCH3 is 1. The minimum Gasteiger partial charge on any atom is -0.493 e. The minimum absolute atomic E-state index is 0.0402. The van der Waals surface area contributed by atoms with Crippen molar-refractivity contribution in [3.05, 3.63) is 47.5 Å². The number of nitrogens with zero attached hydrogens (tertiary/aromatic N) is 1. The van der Waals surface area contributed by atoms with Gasteiger partial charge in [-0.05, 0) is 56.5 Å². The summed E-state index contributed by atoms with van der Waals surface area (Å²) in [4.78, 5) is 12.9. The predicted octanol–water partition coefficient (Wildman–Crippen LogP) is 4.42. The lowest BCUT2D eigenvalue weighted by Crippen LogP contribution is -2.42. The fourth-order valence-corrected chi connectivity index (χ4v) is 5.44. The van der Waals surface area contributed by atoms with Crippen molar-refractivity contribution in [1.82, 2.24) is 4.31 Å². The lowest BCUT2D eigenvalue weighted by molar-refractivity contribution is -0.0511. The number of anilines is 1. The highest BCUT2D eigenvalue weighted by molar-refractivity contribution is 7.89. The van der Waals surface area contributed by atoms with Crippen LogP contribution >= 0.6 is 0 Å². The number of hydrogen-bond acceptors (Lipinski definition) is 5. The van der Waals surface area contributed by atoms with E-state index in [-0.39, 0.29) is 33.7 Å². The van der Waals surface area contributed by atoms with Crippen molar-refractivity contribution in [3.63, 3.8) is 0 Å². The van der Waals surface area contributed by atoms with E-state index < -0.39 is 22.5 Å². The Morgan fingerprint density at radius 3 is 2.56 bits per heavy atom. The number of amides is 1. The molecule has 1 saturated heterocycles. The highest BCUT2D eigenvalue weighted by atomic mass is 32.2. The summed E-state index contributed by atoms with van der Waals surface area (Å²) in [7, 11) is -2.44. The van der Waals surface area contributed by atoms with E-state index in [4.69, 9.17) is 4.74 Å².